The Kier molecular flexibility index (Phi) is 8.13. The topological polar surface area (TPSA) is 9.23 Å². The molecule has 0 aliphatic heterocycles. The third kappa shape index (κ3) is 6.67. The molecule has 0 fully saturated rings. The highest BCUT2D eigenvalue weighted by Gasteiger charge is 2.18. The highest BCUT2D eigenvalue weighted by molar-refractivity contribution is 5.25. The number of benzene rings is 2. The summed E-state index contributed by atoms with van der Waals surface area (Å²) in [7, 11) is 0. The van der Waals surface area contributed by atoms with Crippen LogP contribution in [-0.2, 0) is 4.74 Å². The Balaban J connectivity index is 1.56. The van der Waals surface area contributed by atoms with Crippen LogP contribution < -0.4 is 0 Å². The van der Waals surface area contributed by atoms with Crippen molar-refractivity contribution in [2.24, 2.45) is 11.8 Å². The molecule has 1 nitrogen and oxygen atoms in total. The molecule has 0 amide bonds. The molecular weight excluding hydrogens is 376 g/mol. The van der Waals surface area contributed by atoms with E-state index in [1.165, 1.54) is 36.8 Å². The van der Waals surface area contributed by atoms with Crippen molar-refractivity contribution in [3.05, 3.63) is 120 Å². The molecule has 0 bridgehead atoms. The predicted molar refractivity (Wildman–Crippen MR) is 131 cm³/mol. The maximum absolute atomic E-state index is 6.80. The van der Waals surface area contributed by atoms with Crippen LogP contribution in [0.1, 0.15) is 61.9 Å². The third-order valence-electron chi connectivity index (χ3n) is 6.28. The Hall–Kier alpha value is -2.64. The molecule has 2 aliphatic carbocycles. The van der Waals surface area contributed by atoms with Gasteiger partial charge in [-0.25, -0.2) is 0 Å². The van der Waals surface area contributed by atoms with Gasteiger partial charge < -0.3 is 4.74 Å². The second-order valence-electron chi connectivity index (χ2n) is 8.66. The summed E-state index contributed by atoms with van der Waals surface area (Å²) in [4.78, 5) is 0. The van der Waals surface area contributed by atoms with E-state index >= 15 is 0 Å². The first-order valence-corrected chi connectivity index (χ1v) is 11.8. The first-order valence-electron chi connectivity index (χ1n) is 11.8. The number of hydrogen-bond acceptors (Lipinski definition) is 1. The molecule has 0 saturated heterocycles. The smallest absolute Gasteiger partial charge is 0.102 e. The van der Waals surface area contributed by atoms with E-state index in [0.29, 0.717) is 11.8 Å². The van der Waals surface area contributed by atoms with Crippen LogP contribution >= 0.6 is 0 Å². The molecule has 0 radical (unpaired) electrons. The van der Waals surface area contributed by atoms with Crippen LogP contribution in [0.2, 0.25) is 0 Å². The zero-order valence-corrected chi connectivity index (χ0v) is 18.4. The van der Waals surface area contributed by atoms with Gasteiger partial charge in [-0.3, -0.25) is 0 Å². The fourth-order valence-corrected chi connectivity index (χ4v) is 4.41. The third-order valence-corrected chi connectivity index (χ3v) is 6.28. The van der Waals surface area contributed by atoms with Crippen molar-refractivity contribution < 1.29 is 4.74 Å². The van der Waals surface area contributed by atoms with E-state index in [1.54, 1.807) is 0 Å². The van der Waals surface area contributed by atoms with E-state index in [1.807, 2.05) is 0 Å². The standard InChI is InChI=1S/C30H34O/c1-5-13-25(14-6-1)21-23-29(27-17-9-3-10-18-27)31-30(28-19-11-4-12-20-28)24-22-26-15-7-2-8-16-26/h1-5,7,9-12,17-26,29-30H,6,8,13-16H2. The van der Waals surface area contributed by atoms with Crippen LogP contribution in [0.3, 0.4) is 0 Å². The van der Waals surface area contributed by atoms with Crippen molar-refractivity contribution in [2.45, 2.75) is 50.7 Å². The second-order valence-corrected chi connectivity index (χ2v) is 8.66. The largest absolute Gasteiger partial charge is 0.357 e. The molecule has 0 spiro atoms. The van der Waals surface area contributed by atoms with Crippen LogP contribution in [0.25, 0.3) is 0 Å². The maximum Gasteiger partial charge on any atom is 0.102 e. The van der Waals surface area contributed by atoms with Crippen LogP contribution in [0, 0.1) is 11.8 Å². The summed E-state index contributed by atoms with van der Waals surface area (Å²) in [6.45, 7) is 0. The lowest BCUT2D eigenvalue weighted by molar-refractivity contribution is 0.0392. The summed E-state index contributed by atoms with van der Waals surface area (Å²) in [5.41, 5.74) is 2.42. The molecular formula is C30H34O. The molecule has 1 heteroatoms. The van der Waals surface area contributed by atoms with Crippen LogP contribution in [0.15, 0.2) is 109 Å². The van der Waals surface area contributed by atoms with Gasteiger partial charge in [-0.2, -0.15) is 0 Å². The van der Waals surface area contributed by atoms with Gasteiger partial charge in [-0.15, -0.1) is 0 Å². The Labute approximate surface area is 187 Å². The zero-order valence-electron chi connectivity index (χ0n) is 18.4. The summed E-state index contributed by atoms with van der Waals surface area (Å²) in [6.07, 6.45) is 25.5. The van der Waals surface area contributed by atoms with E-state index < -0.39 is 0 Å². The van der Waals surface area contributed by atoms with Crippen molar-refractivity contribution >= 4 is 0 Å². The number of hydrogen-bond donors (Lipinski definition) is 0. The molecule has 2 aromatic rings. The molecule has 4 atom stereocenters. The van der Waals surface area contributed by atoms with Crippen molar-refractivity contribution in [1.29, 1.82) is 0 Å². The summed E-state index contributed by atoms with van der Waals surface area (Å²) < 4.78 is 6.80. The average Bonchev–Trinajstić information content (AvgIpc) is 2.86. The van der Waals surface area contributed by atoms with Crippen LogP contribution in [-0.4, -0.2) is 0 Å². The normalized spacial score (nSPS) is 23.4. The minimum atomic E-state index is -0.0618. The van der Waals surface area contributed by atoms with E-state index in [9.17, 15) is 0 Å². The molecule has 160 valence electrons. The van der Waals surface area contributed by atoms with E-state index in [4.69, 9.17) is 4.74 Å². The van der Waals surface area contributed by atoms with Gasteiger partial charge in [-0.1, -0.05) is 109 Å². The molecule has 0 N–H and O–H groups in total. The van der Waals surface area contributed by atoms with E-state index in [2.05, 4.69) is 109 Å². The lowest BCUT2D eigenvalue weighted by Gasteiger charge is -2.23. The fourth-order valence-electron chi connectivity index (χ4n) is 4.41. The van der Waals surface area contributed by atoms with Gasteiger partial charge in [0.15, 0.2) is 0 Å². The van der Waals surface area contributed by atoms with Gasteiger partial charge in [0.2, 0.25) is 0 Å². The molecule has 4 unspecified atom stereocenters. The Morgan fingerprint density at radius 2 is 1.06 bits per heavy atom. The lowest BCUT2D eigenvalue weighted by Crippen LogP contribution is -2.09. The summed E-state index contributed by atoms with van der Waals surface area (Å²) in [5.74, 6) is 1.22. The first-order chi connectivity index (χ1) is 15.4. The minimum absolute atomic E-state index is 0.0618. The quantitative estimate of drug-likeness (QED) is 0.398. The fraction of sp³-hybridized carbons (Fsp3) is 0.333. The van der Waals surface area contributed by atoms with E-state index in [0.717, 1.165) is 12.8 Å². The maximum atomic E-state index is 6.80. The van der Waals surface area contributed by atoms with Gasteiger partial charge in [0.05, 0.1) is 0 Å². The molecule has 2 aliphatic rings. The van der Waals surface area contributed by atoms with Gasteiger partial charge in [0.1, 0.15) is 12.2 Å². The van der Waals surface area contributed by atoms with Crippen molar-refractivity contribution in [1.82, 2.24) is 0 Å². The van der Waals surface area contributed by atoms with Gasteiger partial charge in [0, 0.05) is 0 Å². The molecule has 4 rings (SSSR count). The zero-order chi connectivity index (χ0) is 21.1. The van der Waals surface area contributed by atoms with E-state index in [-0.39, 0.29) is 12.2 Å². The predicted octanol–water partition coefficient (Wildman–Crippen LogP) is 8.31. The lowest BCUT2D eigenvalue weighted by atomic mass is 9.92. The molecule has 0 heterocycles. The second kappa shape index (κ2) is 11.7. The minimum Gasteiger partial charge on any atom is -0.357 e. The number of rotatable bonds is 8. The highest BCUT2D eigenvalue weighted by atomic mass is 16.5. The summed E-state index contributed by atoms with van der Waals surface area (Å²) in [6, 6.07) is 21.2. The molecule has 2 aromatic carbocycles. The van der Waals surface area contributed by atoms with Crippen molar-refractivity contribution in [3.8, 4) is 0 Å². The van der Waals surface area contributed by atoms with Crippen LogP contribution in [0.4, 0.5) is 0 Å². The monoisotopic (exact) mass is 410 g/mol. The van der Waals surface area contributed by atoms with Crippen molar-refractivity contribution in [2.75, 3.05) is 0 Å². The van der Waals surface area contributed by atoms with Crippen LogP contribution in [0.5, 0.6) is 0 Å². The van der Waals surface area contributed by atoms with Gasteiger partial charge in [0.25, 0.3) is 0 Å². The molecule has 0 aromatic heterocycles. The number of ether oxygens (including phenoxy) is 1. The Morgan fingerprint density at radius 3 is 1.45 bits per heavy atom. The SMILES string of the molecule is C1=CCC(C=CC(OC(C=CC2CC=CCC2)c2ccccc2)c2ccccc2)CC1. The number of allylic oxidation sites excluding steroid dienone is 6. The Bertz CT molecular complexity index is 815. The molecule has 0 saturated carbocycles. The Morgan fingerprint density at radius 1 is 0.613 bits per heavy atom. The molecule has 31 heavy (non-hydrogen) atoms. The summed E-state index contributed by atoms with van der Waals surface area (Å²) >= 11 is 0. The first kappa shape index (κ1) is 21.6. The van der Waals surface area contributed by atoms with Crippen molar-refractivity contribution in [3.63, 3.8) is 0 Å². The highest BCUT2D eigenvalue weighted by Crippen LogP contribution is 2.31. The van der Waals surface area contributed by atoms with Gasteiger partial charge >= 0.3 is 0 Å². The van der Waals surface area contributed by atoms with Gasteiger partial charge in [-0.05, 0) is 61.5 Å². The average molecular weight is 411 g/mol. The summed E-state index contributed by atoms with van der Waals surface area (Å²) in [5, 5.41) is 0.